The highest BCUT2D eigenvalue weighted by Gasteiger charge is 2.29. The molecular formula is C17H18FN7OS. The summed E-state index contributed by atoms with van der Waals surface area (Å²) in [6.45, 7) is 2.29. The molecule has 1 fully saturated rings. The number of piperidine rings is 1. The number of nitrogens with zero attached hydrogens (tertiary/aromatic N) is 5. The van der Waals surface area contributed by atoms with Crippen LogP contribution in [-0.2, 0) is 0 Å². The third kappa shape index (κ3) is 3.71. The van der Waals surface area contributed by atoms with Crippen LogP contribution < -0.4 is 11.1 Å². The average Bonchev–Trinajstić information content (AvgIpc) is 3.09. The molecule has 0 unspecified atom stereocenters. The van der Waals surface area contributed by atoms with E-state index in [4.69, 9.17) is 5.73 Å². The number of nitrogens with one attached hydrogen (secondary N) is 1. The minimum Gasteiger partial charge on any atom is -0.325 e. The van der Waals surface area contributed by atoms with Crippen molar-refractivity contribution in [3.8, 4) is 10.6 Å². The van der Waals surface area contributed by atoms with E-state index in [2.05, 4.69) is 25.7 Å². The molecule has 3 heterocycles. The molecule has 27 heavy (non-hydrogen) atoms. The number of likely N-dealkylation sites (tertiary alicyclic amines) is 1. The predicted octanol–water partition coefficient (Wildman–Crippen LogP) is 2.36. The molecule has 1 aliphatic rings. The molecule has 0 aliphatic carbocycles. The van der Waals surface area contributed by atoms with Gasteiger partial charge in [0.1, 0.15) is 16.2 Å². The molecule has 3 N–H and O–H groups in total. The van der Waals surface area contributed by atoms with Crippen LogP contribution in [-0.4, -0.2) is 56.6 Å². The molecule has 1 saturated heterocycles. The number of rotatable bonds is 2. The van der Waals surface area contributed by atoms with Gasteiger partial charge in [0.05, 0.1) is 12.1 Å². The summed E-state index contributed by atoms with van der Waals surface area (Å²) in [6, 6.07) is 6.50. The number of fused-ring (bicyclic) bond motifs is 1. The molecule has 140 valence electrons. The number of carbonyl (C=O) groups is 1. The highest BCUT2D eigenvalue weighted by molar-refractivity contribution is 7.14. The number of hydrogen-bond donors (Lipinski definition) is 2. The van der Waals surface area contributed by atoms with E-state index in [1.54, 1.807) is 6.07 Å². The molecule has 0 bridgehead atoms. The van der Waals surface area contributed by atoms with Gasteiger partial charge in [-0.2, -0.15) is 0 Å². The van der Waals surface area contributed by atoms with Crippen LogP contribution in [0.5, 0.6) is 0 Å². The van der Waals surface area contributed by atoms with Gasteiger partial charge in [-0.25, -0.2) is 9.18 Å². The number of halogens is 1. The Labute approximate surface area is 158 Å². The lowest BCUT2D eigenvalue weighted by Gasteiger charge is -2.32. The van der Waals surface area contributed by atoms with E-state index >= 15 is 0 Å². The lowest BCUT2D eigenvalue weighted by atomic mass is 10.0. The Morgan fingerprint density at radius 3 is 2.89 bits per heavy atom. The number of nitrogens with two attached hydrogens (primary N) is 1. The predicted molar refractivity (Wildman–Crippen MR) is 101 cm³/mol. The van der Waals surface area contributed by atoms with Crippen molar-refractivity contribution in [2.45, 2.75) is 25.6 Å². The number of amides is 2. The van der Waals surface area contributed by atoms with Gasteiger partial charge in [-0.3, -0.25) is 5.32 Å². The van der Waals surface area contributed by atoms with E-state index in [1.807, 2.05) is 25.1 Å². The zero-order valence-electron chi connectivity index (χ0n) is 14.6. The maximum atomic E-state index is 13.8. The van der Waals surface area contributed by atoms with Gasteiger partial charge in [-0.15, -0.1) is 20.4 Å². The smallest absolute Gasteiger partial charge is 0.323 e. The van der Waals surface area contributed by atoms with Crippen LogP contribution in [0, 0.1) is 6.92 Å². The van der Waals surface area contributed by atoms with Crippen molar-refractivity contribution in [1.82, 2.24) is 25.3 Å². The Morgan fingerprint density at radius 1 is 1.30 bits per heavy atom. The monoisotopic (exact) mass is 387 g/mol. The number of aryl methyl sites for hydroxylation is 1. The summed E-state index contributed by atoms with van der Waals surface area (Å²) in [6.07, 6.45) is -0.784. The number of carbonyl (C=O) groups excluding carboxylic acids is 1. The van der Waals surface area contributed by atoms with Gasteiger partial charge in [-0.1, -0.05) is 11.3 Å². The number of alkyl halides is 1. The molecule has 2 aromatic heterocycles. The highest BCUT2D eigenvalue weighted by atomic mass is 32.1. The fourth-order valence-corrected chi connectivity index (χ4v) is 3.64. The standard InChI is InChI=1S/C17H18FN7OS/c1-9-21-24-16(27-9)10-2-3-14-11(6-10)7-15(23-22-14)20-17(26)25-5-4-13(19)12(18)8-25/h2-3,6-7,12-13H,4-5,8,19H2,1H3,(H,20,23,26)/t12-,13-/m0/s1. The highest BCUT2D eigenvalue weighted by Crippen LogP contribution is 2.26. The summed E-state index contributed by atoms with van der Waals surface area (Å²) in [5.74, 6) is 0.309. The normalized spacial score (nSPS) is 20.0. The molecule has 2 amide bonds. The molecule has 1 aliphatic heterocycles. The summed E-state index contributed by atoms with van der Waals surface area (Å²) in [5, 5.41) is 21.5. The van der Waals surface area contributed by atoms with Crippen LogP contribution in [0.25, 0.3) is 21.5 Å². The quantitative estimate of drug-likeness (QED) is 0.698. The Morgan fingerprint density at radius 2 is 2.15 bits per heavy atom. The van der Waals surface area contributed by atoms with Crippen molar-refractivity contribution in [2.24, 2.45) is 5.73 Å². The molecule has 2 atom stereocenters. The average molecular weight is 387 g/mol. The van der Waals surface area contributed by atoms with Crippen molar-refractivity contribution < 1.29 is 9.18 Å². The first-order valence-electron chi connectivity index (χ1n) is 8.53. The minimum absolute atomic E-state index is 0.0193. The first-order valence-corrected chi connectivity index (χ1v) is 9.35. The van der Waals surface area contributed by atoms with Crippen molar-refractivity contribution in [1.29, 1.82) is 0 Å². The van der Waals surface area contributed by atoms with E-state index in [9.17, 15) is 9.18 Å². The Kier molecular flexibility index (Phi) is 4.66. The number of hydrogen-bond acceptors (Lipinski definition) is 7. The second kappa shape index (κ2) is 7.12. The Hall–Kier alpha value is -2.72. The molecule has 10 heteroatoms. The topological polar surface area (TPSA) is 110 Å². The zero-order chi connectivity index (χ0) is 19.0. The zero-order valence-corrected chi connectivity index (χ0v) is 15.4. The van der Waals surface area contributed by atoms with Crippen molar-refractivity contribution in [2.75, 3.05) is 18.4 Å². The van der Waals surface area contributed by atoms with Gasteiger partial charge in [-0.05, 0) is 37.6 Å². The minimum atomic E-state index is -1.22. The molecule has 1 aromatic carbocycles. The molecule has 3 aromatic rings. The van der Waals surface area contributed by atoms with Gasteiger partial charge < -0.3 is 10.6 Å². The molecule has 4 rings (SSSR count). The first-order chi connectivity index (χ1) is 13.0. The lowest BCUT2D eigenvalue weighted by molar-refractivity contribution is 0.137. The third-order valence-electron chi connectivity index (χ3n) is 4.47. The summed E-state index contributed by atoms with van der Waals surface area (Å²) < 4.78 is 13.8. The van der Waals surface area contributed by atoms with Crippen LogP contribution in [0.4, 0.5) is 15.0 Å². The summed E-state index contributed by atoms with van der Waals surface area (Å²) in [4.78, 5) is 13.8. The third-order valence-corrected chi connectivity index (χ3v) is 5.36. The van der Waals surface area contributed by atoms with Crippen LogP contribution in [0.1, 0.15) is 11.4 Å². The van der Waals surface area contributed by atoms with E-state index in [1.165, 1.54) is 16.2 Å². The second-order valence-corrected chi connectivity index (χ2v) is 7.66. The fourth-order valence-electron chi connectivity index (χ4n) is 2.95. The largest absolute Gasteiger partial charge is 0.325 e. The lowest BCUT2D eigenvalue weighted by Crippen LogP contribution is -2.51. The summed E-state index contributed by atoms with van der Waals surface area (Å²) >= 11 is 1.50. The fraction of sp³-hybridized carbons (Fsp3) is 0.353. The van der Waals surface area contributed by atoms with Crippen molar-refractivity contribution >= 4 is 34.1 Å². The van der Waals surface area contributed by atoms with Crippen molar-refractivity contribution in [3.63, 3.8) is 0 Å². The maximum Gasteiger partial charge on any atom is 0.323 e. The van der Waals surface area contributed by atoms with E-state index in [-0.39, 0.29) is 6.54 Å². The number of anilines is 1. The van der Waals surface area contributed by atoms with Gasteiger partial charge in [0, 0.05) is 23.5 Å². The van der Waals surface area contributed by atoms with Gasteiger partial charge in [0.25, 0.3) is 0 Å². The molecule has 0 radical (unpaired) electrons. The van der Waals surface area contributed by atoms with Gasteiger partial charge in [0.2, 0.25) is 0 Å². The molecular weight excluding hydrogens is 369 g/mol. The van der Waals surface area contributed by atoms with E-state index < -0.39 is 18.2 Å². The van der Waals surface area contributed by atoms with Gasteiger partial charge in [0.15, 0.2) is 5.82 Å². The van der Waals surface area contributed by atoms with Gasteiger partial charge >= 0.3 is 6.03 Å². The van der Waals surface area contributed by atoms with Crippen LogP contribution in [0.2, 0.25) is 0 Å². The van der Waals surface area contributed by atoms with Crippen LogP contribution >= 0.6 is 11.3 Å². The molecule has 0 spiro atoms. The number of benzene rings is 1. The Balaban J connectivity index is 1.54. The molecule has 8 nitrogen and oxygen atoms in total. The summed E-state index contributed by atoms with van der Waals surface area (Å²) in [5.41, 5.74) is 7.27. The first kappa shape index (κ1) is 17.7. The molecule has 0 saturated carbocycles. The van der Waals surface area contributed by atoms with E-state index in [0.717, 1.165) is 21.0 Å². The second-order valence-electron chi connectivity index (χ2n) is 6.47. The van der Waals surface area contributed by atoms with Crippen molar-refractivity contribution in [3.05, 3.63) is 29.3 Å². The number of urea groups is 1. The van der Waals surface area contributed by atoms with Crippen LogP contribution in [0.3, 0.4) is 0 Å². The SMILES string of the molecule is Cc1nnc(-c2ccc3nnc(NC(=O)N4CC[C@H](N)[C@@H](F)C4)cc3c2)s1. The summed E-state index contributed by atoms with van der Waals surface area (Å²) in [7, 11) is 0. The Bertz CT molecular complexity index is 994. The van der Waals surface area contributed by atoms with Crippen LogP contribution in [0.15, 0.2) is 24.3 Å². The number of aromatic nitrogens is 4. The van der Waals surface area contributed by atoms with E-state index in [0.29, 0.717) is 24.3 Å². The maximum absolute atomic E-state index is 13.8.